The molecule has 1 aliphatic heterocycles. The lowest BCUT2D eigenvalue weighted by atomic mass is 10.1. The quantitative estimate of drug-likeness (QED) is 0.763. The molecule has 1 aromatic carbocycles. The van der Waals surface area contributed by atoms with E-state index in [-0.39, 0.29) is 11.9 Å². The molecule has 5 heteroatoms. The van der Waals surface area contributed by atoms with Gasteiger partial charge in [-0.2, -0.15) is 0 Å². The van der Waals surface area contributed by atoms with Gasteiger partial charge >= 0.3 is 0 Å². The van der Waals surface area contributed by atoms with Crippen LogP contribution in [0.15, 0.2) is 18.2 Å². The summed E-state index contributed by atoms with van der Waals surface area (Å²) >= 11 is 0. The van der Waals surface area contributed by atoms with E-state index in [1.165, 1.54) is 0 Å². The number of hydrogen-bond acceptors (Lipinski definition) is 4. The molecule has 0 aromatic heterocycles. The Bertz CT molecular complexity index is 458. The molecule has 5 nitrogen and oxygen atoms in total. The van der Waals surface area contributed by atoms with Crippen molar-refractivity contribution in [3.05, 3.63) is 18.2 Å². The lowest BCUT2D eigenvalue weighted by molar-refractivity contribution is -0.129. The Kier molecular flexibility index (Phi) is 3.32. The molecule has 1 heterocycles. The molecule has 1 fully saturated rings. The largest absolute Gasteiger partial charge is 0.397 e. The van der Waals surface area contributed by atoms with E-state index >= 15 is 0 Å². The number of nitrogen functional groups attached to an aromatic ring is 2. The molecule has 1 atom stereocenters. The van der Waals surface area contributed by atoms with Crippen LogP contribution in [0.5, 0.6) is 0 Å². The first-order chi connectivity index (χ1) is 8.50. The van der Waals surface area contributed by atoms with E-state index in [4.69, 9.17) is 11.5 Å². The average molecular weight is 248 g/mol. The van der Waals surface area contributed by atoms with Gasteiger partial charge in [0.1, 0.15) is 6.04 Å². The van der Waals surface area contributed by atoms with Crippen LogP contribution in [-0.2, 0) is 4.79 Å². The Hall–Kier alpha value is -1.91. The van der Waals surface area contributed by atoms with Gasteiger partial charge in [0.2, 0.25) is 5.91 Å². The minimum Gasteiger partial charge on any atom is -0.397 e. The summed E-state index contributed by atoms with van der Waals surface area (Å²) in [6.45, 7) is 0.883. The second kappa shape index (κ2) is 4.76. The number of nitrogens with two attached hydrogens (primary N) is 2. The van der Waals surface area contributed by atoms with Gasteiger partial charge in [-0.05, 0) is 31.0 Å². The summed E-state index contributed by atoms with van der Waals surface area (Å²) in [5, 5.41) is 0. The monoisotopic (exact) mass is 248 g/mol. The standard InChI is InChI=1S/C13H20N4O/c1-16(2)13(18)12-4-3-7-17(12)9-5-6-10(14)11(15)8-9/h5-6,8,12H,3-4,7,14-15H2,1-2H3. The molecule has 0 aliphatic carbocycles. The number of anilines is 3. The maximum absolute atomic E-state index is 12.1. The minimum atomic E-state index is -0.0805. The van der Waals surface area contributed by atoms with Gasteiger partial charge in [0, 0.05) is 26.3 Å². The van der Waals surface area contributed by atoms with Crippen LogP contribution in [0.2, 0.25) is 0 Å². The molecule has 1 unspecified atom stereocenters. The van der Waals surface area contributed by atoms with Gasteiger partial charge in [-0.15, -0.1) is 0 Å². The van der Waals surface area contributed by atoms with Crippen LogP contribution in [0.25, 0.3) is 0 Å². The Morgan fingerprint density at radius 1 is 1.33 bits per heavy atom. The number of hydrogen-bond donors (Lipinski definition) is 2. The van der Waals surface area contributed by atoms with Gasteiger partial charge in [-0.25, -0.2) is 0 Å². The Morgan fingerprint density at radius 3 is 2.67 bits per heavy atom. The Labute approximate surface area is 107 Å². The van der Waals surface area contributed by atoms with Gasteiger partial charge in [0.15, 0.2) is 0 Å². The molecule has 98 valence electrons. The summed E-state index contributed by atoms with van der Waals surface area (Å²) in [5.41, 5.74) is 13.6. The smallest absolute Gasteiger partial charge is 0.244 e. The lowest BCUT2D eigenvalue weighted by Gasteiger charge is -2.28. The topological polar surface area (TPSA) is 75.6 Å². The number of amides is 1. The fraction of sp³-hybridized carbons (Fsp3) is 0.462. The predicted molar refractivity (Wildman–Crippen MR) is 74.3 cm³/mol. The van der Waals surface area contributed by atoms with E-state index in [0.29, 0.717) is 11.4 Å². The van der Waals surface area contributed by atoms with E-state index in [0.717, 1.165) is 25.1 Å². The molecule has 1 saturated heterocycles. The van der Waals surface area contributed by atoms with Crippen molar-refractivity contribution >= 4 is 23.0 Å². The van der Waals surface area contributed by atoms with Crippen LogP contribution in [0.3, 0.4) is 0 Å². The van der Waals surface area contributed by atoms with Crippen molar-refractivity contribution in [1.29, 1.82) is 0 Å². The van der Waals surface area contributed by atoms with E-state index < -0.39 is 0 Å². The van der Waals surface area contributed by atoms with Gasteiger partial charge < -0.3 is 21.3 Å². The number of carbonyl (C=O) groups is 1. The zero-order chi connectivity index (χ0) is 13.3. The summed E-state index contributed by atoms with van der Waals surface area (Å²) in [6.07, 6.45) is 1.91. The highest BCUT2D eigenvalue weighted by Crippen LogP contribution is 2.29. The van der Waals surface area contributed by atoms with Crippen LogP contribution in [0.1, 0.15) is 12.8 Å². The summed E-state index contributed by atoms with van der Waals surface area (Å²) < 4.78 is 0. The molecular weight excluding hydrogens is 228 g/mol. The van der Waals surface area contributed by atoms with Crippen molar-refractivity contribution in [1.82, 2.24) is 4.90 Å². The third-order valence-electron chi connectivity index (χ3n) is 3.38. The van der Waals surface area contributed by atoms with E-state index in [2.05, 4.69) is 4.90 Å². The number of likely N-dealkylation sites (N-methyl/N-ethyl adjacent to an activating group) is 1. The third-order valence-corrected chi connectivity index (χ3v) is 3.38. The molecule has 4 N–H and O–H groups in total. The minimum absolute atomic E-state index is 0.0805. The highest BCUT2D eigenvalue weighted by Gasteiger charge is 2.31. The van der Waals surface area contributed by atoms with Gasteiger partial charge in [-0.1, -0.05) is 0 Å². The highest BCUT2D eigenvalue weighted by atomic mass is 16.2. The van der Waals surface area contributed by atoms with Crippen LogP contribution < -0.4 is 16.4 Å². The second-order valence-corrected chi connectivity index (χ2v) is 4.90. The van der Waals surface area contributed by atoms with Gasteiger partial charge in [0.25, 0.3) is 0 Å². The number of carbonyl (C=O) groups excluding carboxylic acids is 1. The SMILES string of the molecule is CN(C)C(=O)C1CCCN1c1ccc(N)c(N)c1. The van der Waals surface area contributed by atoms with E-state index in [9.17, 15) is 4.79 Å². The number of nitrogens with zero attached hydrogens (tertiary/aromatic N) is 2. The van der Waals surface area contributed by atoms with Crippen molar-refractivity contribution in [3.63, 3.8) is 0 Å². The average Bonchev–Trinajstić information content (AvgIpc) is 2.80. The molecule has 18 heavy (non-hydrogen) atoms. The number of rotatable bonds is 2. The van der Waals surface area contributed by atoms with E-state index in [1.54, 1.807) is 25.1 Å². The summed E-state index contributed by atoms with van der Waals surface area (Å²) in [4.78, 5) is 15.9. The van der Waals surface area contributed by atoms with E-state index in [1.807, 2.05) is 12.1 Å². The van der Waals surface area contributed by atoms with Crippen molar-refractivity contribution < 1.29 is 4.79 Å². The normalized spacial score (nSPS) is 19.0. The fourth-order valence-corrected chi connectivity index (χ4v) is 2.37. The van der Waals surface area contributed by atoms with Crippen LogP contribution in [0, 0.1) is 0 Å². The fourth-order valence-electron chi connectivity index (χ4n) is 2.37. The predicted octanol–water partition coefficient (Wildman–Crippen LogP) is 0.908. The van der Waals surface area contributed by atoms with Crippen molar-refractivity contribution in [2.45, 2.75) is 18.9 Å². The van der Waals surface area contributed by atoms with Crippen molar-refractivity contribution in [2.24, 2.45) is 0 Å². The van der Waals surface area contributed by atoms with Crippen LogP contribution in [0.4, 0.5) is 17.1 Å². The first kappa shape index (κ1) is 12.5. The lowest BCUT2D eigenvalue weighted by Crippen LogP contribution is -2.42. The molecule has 0 bridgehead atoms. The maximum Gasteiger partial charge on any atom is 0.244 e. The third kappa shape index (κ3) is 2.20. The molecular formula is C13H20N4O. The van der Waals surface area contributed by atoms with Crippen molar-refractivity contribution in [2.75, 3.05) is 37.0 Å². The summed E-state index contributed by atoms with van der Waals surface area (Å²) in [6, 6.07) is 5.48. The first-order valence-electron chi connectivity index (χ1n) is 6.13. The molecule has 1 aromatic rings. The molecule has 1 aliphatic rings. The Balaban J connectivity index is 2.26. The molecule has 0 saturated carbocycles. The summed E-state index contributed by atoms with van der Waals surface area (Å²) in [7, 11) is 3.58. The summed E-state index contributed by atoms with van der Waals surface area (Å²) in [5.74, 6) is 0.142. The number of benzene rings is 1. The van der Waals surface area contributed by atoms with Gasteiger partial charge in [-0.3, -0.25) is 4.79 Å². The van der Waals surface area contributed by atoms with Crippen molar-refractivity contribution in [3.8, 4) is 0 Å². The molecule has 1 amide bonds. The van der Waals surface area contributed by atoms with Gasteiger partial charge in [0.05, 0.1) is 11.4 Å². The maximum atomic E-state index is 12.1. The molecule has 2 rings (SSSR count). The molecule has 0 spiro atoms. The van der Waals surface area contributed by atoms with Crippen LogP contribution >= 0.6 is 0 Å². The second-order valence-electron chi connectivity index (χ2n) is 4.90. The zero-order valence-corrected chi connectivity index (χ0v) is 10.9. The first-order valence-corrected chi connectivity index (χ1v) is 6.13. The van der Waals surface area contributed by atoms with Crippen LogP contribution in [-0.4, -0.2) is 37.5 Å². The highest BCUT2D eigenvalue weighted by molar-refractivity contribution is 5.86. The molecule has 0 radical (unpaired) electrons. The Morgan fingerprint density at radius 2 is 2.06 bits per heavy atom. The zero-order valence-electron chi connectivity index (χ0n) is 10.9.